The van der Waals surface area contributed by atoms with Gasteiger partial charge in [-0.15, -0.1) is 0 Å². The molecule has 0 aliphatic heterocycles. The monoisotopic (exact) mass is 448 g/mol. The van der Waals surface area contributed by atoms with Gasteiger partial charge in [0.15, 0.2) is 0 Å². The lowest BCUT2D eigenvalue weighted by atomic mass is 9.78. The second kappa shape index (κ2) is 15.1. The first-order valence-corrected chi connectivity index (χ1v) is 13.7. The Morgan fingerprint density at radius 3 is 1.79 bits per heavy atom. The quantitative estimate of drug-likeness (QED) is 0.199. The molecule has 1 aliphatic carbocycles. The van der Waals surface area contributed by atoms with Gasteiger partial charge in [0.25, 0.3) is 0 Å². The van der Waals surface area contributed by atoms with Gasteiger partial charge >= 0.3 is 0 Å². The Kier molecular flexibility index (Phi) is 11.8. The molecule has 0 atom stereocenters. The van der Waals surface area contributed by atoms with Gasteiger partial charge in [-0.05, 0) is 72.6 Å². The Morgan fingerprint density at radius 1 is 0.667 bits per heavy atom. The molecule has 0 radical (unpaired) electrons. The molecule has 2 aromatic carbocycles. The molecule has 0 nitrogen and oxygen atoms in total. The van der Waals surface area contributed by atoms with Gasteiger partial charge in [-0.1, -0.05) is 119 Å². The summed E-state index contributed by atoms with van der Waals surface area (Å²) in [6.45, 7) is 1.95. The fraction of sp³-hybridized carbons (Fsp3) is 0.562. The van der Waals surface area contributed by atoms with Gasteiger partial charge in [-0.25, -0.2) is 4.39 Å². The summed E-state index contributed by atoms with van der Waals surface area (Å²) >= 11 is 0. The highest BCUT2D eigenvalue weighted by molar-refractivity contribution is 5.64. The van der Waals surface area contributed by atoms with Crippen molar-refractivity contribution in [1.82, 2.24) is 0 Å². The SMILES string of the molecule is CCCCCCCc1ccc(-c2ccc(CC[C@H]3CC[C@H](CCC=CCF)CC3)cc2)cc1. The molecule has 2 aromatic rings. The lowest BCUT2D eigenvalue weighted by Crippen LogP contribution is -2.15. The number of aryl methyl sites for hydroxylation is 2. The minimum atomic E-state index is -0.320. The Bertz CT molecular complexity index is 778. The zero-order valence-corrected chi connectivity index (χ0v) is 20.9. The Morgan fingerprint density at radius 2 is 1.21 bits per heavy atom. The number of hydrogen-bond acceptors (Lipinski definition) is 0. The lowest BCUT2D eigenvalue weighted by molar-refractivity contribution is 0.254. The second-order valence-electron chi connectivity index (χ2n) is 10.2. The van der Waals surface area contributed by atoms with Crippen LogP contribution >= 0.6 is 0 Å². The van der Waals surface area contributed by atoms with E-state index in [1.807, 2.05) is 6.08 Å². The first kappa shape index (κ1) is 25.7. The van der Waals surface area contributed by atoms with Crippen LogP contribution in [0, 0.1) is 11.8 Å². The maximum atomic E-state index is 12.1. The van der Waals surface area contributed by atoms with Crippen molar-refractivity contribution in [3.05, 3.63) is 71.8 Å². The third-order valence-corrected chi connectivity index (χ3v) is 7.62. The molecule has 0 aromatic heterocycles. The van der Waals surface area contributed by atoms with Crippen LogP contribution in [0.25, 0.3) is 11.1 Å². The fourth-order valence-corrected chi connectivity index (χ4v) is 5.35. The Balaban J connectivity index is 1.37. The minimum absolute atomic E-state index is 0.320. The van der Waals surface area contributed by atoms with Crippen molar-refractivity contribution < 1.29 is 4.39 Å². The summed E-state index contributed by atoms with van der Waals surface area (Å²) in [7, 11) is 0. The van der Waals surface area contributed by atoms with Crippen LogP contribution in [-0.4, -0.2) is 6.67 Å². The second-order valence-corrected chi connectivity index (χ2v) is 10.2. The molecule has 33 heavy (non-hydrogen) atoms. The number of hydrogen-bond donors (Lipinski definition) is 0. The molecule has 1 heteroatoms. The summed E-state index contributed by atoms with van der Waals surface area (Å²) in [4.78, 5) is 0. The zero-order chi connectivity index (χ0) is 23.1. The largest absolute Gasteiger partial charge is 0.247 e. The summed E-state index contributed by atoms with van der Waals surface area (Å²) < 4.78 is 12.1. The highest BCUT2D eigenvalue weighted by Gasteiger charge is 2.20. The first-order chi connectivity index (χ1) is 16.3. The van der Waals surface area contributed by atoms with Crippen molar-refractivity contribution in [2.24, 2.45) is 11.8 Å². The van der Waals surface area contributed by atoms with Crippen molar-refractivity contribution in [3.63, 3.8) is 0 Å². The third-order valence-electron chi connectivity index (χ3n) is 7.62. The van der Waals surface area contributed by atoms with E-state index in [0.29, 0.717) is 0 Å². The molecule has 180 valence electrons. The van der Waals surface area contributed by atoms with Gasteiger partial charge in [0.05, 0.1) is 0 Å². The number of rotatable bonds is 14. The van der Waals surface area contributed by atoms with Crippen LogP contribution in [0.1, 0.15) is 95.1 Å². The smallest absolute Gasteiger partial charge is 0.108 e. The molecular formula is C32H45F. The van der Waals surface area contributed by atoms with Gasteiger partial charge < -0.3 is 0 Å². The van der Waals surface area contributed by atoms with Crippen molar-refractivity contribution >= 4 is 0 Å². The molecule has 3 rings (SSSR count). The number of benzene rings is 2. The third kappa shape index (κ3) is 9.48. The van der Waals surface area contributed by atoms with Crippen LogP contribution in [0.3, 0.4) is 0 Å². The van der Waals surface area contributed by atoms with Gasteiger partial charge in [0, 0.05) is 0 Å². The normalized spacial score (nSPS) is 18.7. The standard InChI is InChI=1S/C32H45F/c1-2-3-4-5-7-10-28-18-22-31(23-19-28)32-24-20-30(21-25-32)17-16-29-14-12-27(13-15-29)11-8-6-9-26-33/h6,9,18-25,27,29H,2-5,7-8,10-17,26H2,1H3/t27-,29-. The van der Waals surface area contributed by atoms with Crippen molar-refractivity contribution in [2.75, 3.05) is 6.67 Å². The number of unbranched alkanes of at least 4 members (excludes halogenated alkanes) is 4. The van der Waals surface area contributed by atoms with E-state index in [1.165, 1.54) is 106 Å². The Hall–Kier alpha value is -1.89. The van der Waals surface area contributed by atoms with Crippen LogP contribution in [0.5, 0.6) is 0 Å². The van der Waals surface area contributed by atoms with Crippen LogP contribution < -0.4 is 0 Å². The van der Waals surface area contributed by atoms with Crippen molar-refractivity contribution in [1.29, 1.82) is 0 Å². The average molecular weight is 449 g/mol. The van der Waals surface area contributed by atoms with Crippen LogP contribution in [-0.2, 0) is 12.8 Å². The van der Waals surface area contributed by atoms with Crippen LogP contribution in [0.2, 0.25) is 0 Å². The highest BCUT2D eigenvalue weighted by Crippen LogP contribution is 2.34. The summed E-state index contributed by atoms with van der Waals surface area (Å²) in [5, 5.41) is 0. The number of halogens is 1. The van der Waals surface area contributed by atoms with Crippen LogP contribution in [0.4, 0.5) is 4.39 Å². The maximum absolute atomic E-state index is 12.1. The molecule has 0 heterocycles. The molecule has 1 saturated carbocycles. The van der Waals surface area contributed by atoms with Gasteiger partial charge in [0.2, 0.25) is 0 Å². The summed E-state index contributed by atoms with van der Waals surface area (Å²) in [6.07, 6.45) is 21.9. The van der Waals surface area contributed by atoms with E-state index < -0.39 is 0 Å². The molecule has 1 fully saturated rings. The van der Waals surface area contributed by atoms with Gasteiger partial charge in [-0.2, -0.15) is 0 Å². The van der Waals surface area contributed by atoms with E-state index in [-0.39, 0.29) is 6.67 Å². The minimum Gasteiger partial charge on any atom is -0.247 e. The van der Waals surface area contributed by atoms with E-state index in [1.54, 1.807) is 6.08 Å². The molecule has 0 spiro atoms. The first-order valence-electron chi connectivity index (χ1n) is 13.7. The zero-order valence-electron chi connectivity index (χ0n) is 20.9. The Labute approximate surface area is 202 Å². The van der Waals surface area contributed by atoms with E-state index in [0.717, 1.165) is 18.3 Å². The molecule has 0 bridgehead atoms. The van der Waals surface area contributed by atoms with Crippen LogP contribution in [0.15, 0.2) is 60.7 Å². The topological polar surface area (TPSA) is 0 Å². The van der Waals surface area contributed by atoms with Gasteiger partial charge in [-0.3, -0.25) is 0 Å². The van der Waals surface area contributed by atoms with E-state index in [4.69, 9.17) is 0 Å². The van der Waals surface area contributed by atoms with E-state index in [9.17, 15) is 4.39 Å². The van der Waals surface area contributed by atoms with E-state index >= 15 is 0 Å². The molecule has 1 aliphatic rings. The predicted molar refractivity (Wildman–Crippen MR) is 142 cm³/mol. The average Bonchev–Trinajstić information content (AvgIpc) is 2.87. The number of alkyl halides is 1. The molecule has 0 saturated heterocycles. The summed E-state index contributed by atoms with van der Waals surface area (Å²) in [6, 6.07) is 18.5. The predicted octanol–water partition coefficient (Wildman–Crippen LogP) is 9.91. The number of allylic oxidation sites excluding steroid dienone is 2. The van der Waals surface area contributed by atoms with Gasteiger partial charge in [0.1, 0.15) is 6.67 Å². The molecule has 0 amide bonds. The molecular weight excluding hydrogens is 403 g/mol. The summed E-state index contributed by atoms with van der Waals surface area (Å²) in [5.74, 6) is 1.74. The van der Waals surface area contributed by atoms with Crippen molar-refractivity contribution in [3.8, 4) is 11.1 Å². The molecule has 0 N–H and O–H groups in total. The van der Waals surface area contributed by atoms with E-state index in [2.05, 4.69) is 55.5 Å². The summed E-state index contributed by atoms with van der Waals surface area (Å²) in [5.41, 5.74) is 5.60. The van der Waals surface area contributed by atoms with Crippen molar-refractivity contribution in [2.45, 2.75) is 96.8 Å². The highest BCUT2D eigenvalue weighted by atomic mass is 19.1. The maximum Gasteiger partial charge on any atom is 0.108 e. The lowest BCUT2D eigenvalue weighted by Gasteiger charge is -2.28. The molecule has 0 unspecified atom stereocenters. The fourth-order valence-electron chi connectivity index (χ4n) is 5.35.